The van der Waals surface area contributed by atoms with Crippen LogP contribution in [0.2, 0.25) is 0 Å². The average molecular weight is 482 g/mol. The Bertz CT molecular complexity index is 1390. The zero-order chi connectivity index (χ0) is 25.5. The maximum atomic E-state index is 12.9. The molecule has 0 unspecified atom stereocenters. The molecular formula is C28H27N5O3. The molecular weight excluding hydrogens is 454 g/mol. The average Bonchev–Trinajstić information content (AvgIpc) is 3.76. The number of anilines is 2. The zero-order valence-electron chi connectivity index (χ0n) is 20.1. The Morgan fingerprint density at radius 1 is 0.972 bits per heavy atom. The number of hydrogen-bond donors (Lipinski definition) is 3. The summed E-state index contributed by atoms with van der Waals surface area (Å²) in [5.41, 5.74) is 7.36. The van der Waals surface area contributed by atoms with Gasteiger partial charge in [-0.3, -0.25) is 19.6 Å². The van der Waals surface area contributed by atoms with Crippen LogP contribution in [0.4, 0.5) is 11.5 Å². The number of carbonyl (C=O) groups is 2. The van der Waals surface area contributed by atoms with E-state index in [0.717, 1.165) is 52.3 Å². The van der Waals surface area contributed by atoms with Crippen LogP contribution in [0, 0.1) is 6.92 Å². The Morgan fingerprint density at radius 2 is 1.69 bits per heavy atom. The van der Waals surface area contributed by atoms with Crippen LogP contribution in [0.1, 0.15) is 40.5 Å². The van der Waals surface area contributed by atoms with Crippen LogP contribution in [-0.2, 0) is 4.79 Å². The number of carbonyl (C=O) groups excluding carboxylic acids is 1. The van der Waals surface area contributed by atoms with E-state index < -0.39 is 0 Å². The van der Waals surface area contributed by atoms with Gasteiger partial charge in [0.25, 0.3) is 12.4 Å². The lowest BCUT2D eigenvalue weighted by Gasteiger charge is -2.12. The van der Waals surface area contributed by atoms with E-state index in [0.29, 0.717) is 17.2 Å². The van der Waals surface area contributed by atoms with Gasteiger partial charge in [-0.15, -0.1) is 0 Å². The summed E-state index contributed by atoms with van der Waals surface area (Å²) in [6, 6.07) is 17.9. The molecule has 1 aromatic carbocycles. The molecule has 3 N–H and O–H groups in total. The van der Waals surface area contributed by atoms with Crippen LogP contribution in [-0.4, -0.2) is 39.5 Å². The molecule has 5 rings (SSSR count). The number of benzene rings is 1. The number of pyridine rings is 3. The van der Waals surface area contributed by atoms with Crippen molar-refractivity contribution in [2.75, 3.05) is 17.7 Å². The molecule has 4 aromatic rings. The summed E-state index contributed by atoms with van der Waals surface area (Å²) >= 11 is 0. The summed E-state index contributed by atoms with van der Waals surface area (Å²) in [7, 11) is 1.86. The molecule has 36 heavy (non-hydrogen) atoms. The van der Waals surface area contributed by atoms with E-state index in [4.69, 9.17) is 9.90 Å². The molecule has 3 aromatic heterocycles. The third kappa shape index (κ3) is 5.90. The van der Waals surface area contributed by atoms with Gasteiger partial charge in [-0.25, -0.2) is 4.98 Å². The van der Waals surface area contributed by atoms with Gasteiger partial charge in [0.15, 0.2) is 0 Å². The van der Waals surface area contributed by atoms with Crippen molar-refractivity contribution >= 4 is 23.9 Å². The Hall–Kier alpha value is -4.59. The summed E-state index contributed by atoms with van der Waals surface area (Å²) in [5, 5.41) is 13.0. The molecule has 182 valence electrons. The largest absolute Gasteiger partial charge is 0.483 e. The minimum atomic E-state index is -0.250. The summed E-state index contributed by atoms with van der Waals surface area (Å²) in [5.74, 6) is 1.17. The van der Waals surface area contributed by atoms with Gasteiger partial charge in [-0.1, -0.05) is 18.2 Å². The van der Waals surface area contributed by atoms with E-state index in [1.165, 1.54) is 0 Å². The van der Waals surface area contributed by atoms with E-state index in [2.05, 4.69) is 43.8 Å². The van der Waals surface area contributed by atoms with Crippen molar-refractivity contribution < 1.29 is 14.7 Å². The van der Waals surface area contributed by atoms with Crippen LogP contribution >= 0.6 is 0 Å². The number of nitrogens with zero attached hydrogens (tertiary/aromatic N) is 3. The molecule has 8 nitrogen and oxygen atoms in total. The highest BCUT2D eigenvalue weighted by Gasteiger charge is 2.25. The Kier molecular flexibility index (Phi) is 7.65. The summed E-state index contributed by atoms with van der Waals surface area (Å²) in [6.45, 7) is 1.73. The minimum Gasteiger partial charge on any atom is -0.483 e. The Morgan fingerprint density at radius 3 is 2.44 bits per heavy atom. The molecule has 1 amide bonds. The number of nitrogens with one attached hydrogen (secondary N) is 2. The number of hydrogen-bond acceptors (Lipinski definition) is 6. The minimum absolute atomic E-state index is 0.152. The summed E-state index contributed by atoms with van der Waals surface area (Å²) in [4.78, 5) is 34.5. The first-order chi connectivity index (χ1) is 17.5. The first kappa shape index (κ1) is 24.5. The lowest BCUT2D eigenvalue weighted by atomic mass is 9.98. The van der Waals surface area contributed by atoms with Crippen LogP contribution in [0.3, 0.4) is 0 Å². The predicted octanol–water partition coefficient (Wildman–Crippen LogP) is 5.39. The third-order valence-corrected chi connectivity index (χ3v) is 5.91. The molecule has 0 atom stereocenters. The van der Waals surface area contributed by atoms with Crippen LogP contribution in [0.25, 0.3) is 22.3 Å². The molecule has 0 radical (unpaired) electrons. The highest BCUT2D eigenvalue weighted by atomic mass is 16.3. The molecule has 0 spiro atoms. The second kappa shape index (κ2) is 11.2. The highest BCUT2D eigenvalue weighted by molar-refractivity contribution is 6.04. The van der Waals surface area contributed by atoms with E-state index in [9.17, 15) is 4.79 Å². The van der Waals surface area contributed by atoms with Gasteiger partial charge >= 0.3 is 0 Å². The smallest absolute Gasteiger partial charge is 0.290 e. The van der Waals surface area contributed by atoms with Crippen molar-refractivity contribution in [3.63, 3.8) is 0 Å². The summed E-state index contributed by atoms with van der Waals surface area (Å²) in [6.07, 6.45) is 7.51. The van der Waals surface area contributed by atoms with Gasteiger partial charge in [-0.05, 0) is 72.9 Å². The number of rotatable bonds is 6. The second-order valence-electron chi connectivity index (χ2n) is 8.42. The van der Waals surface area contributed by atoms with Gasteiger partial charge in [-0.2, -0.15) is 0 Å². The third-order valence-electron chi connectivity index (χ3n) is 5.91. The maximum absolute atomic E-state index is 12.9. The number of aryl methyl sites for hydroxylation is 1. The molecule has 0 aliphatic heterocycles. The van der Waals surface area contributed by atoms with E-state index >= 15 is 0 Å². The van der Waals surface area contributed by atoms with E-state index in [-0.39, 0.29) is 12.4 Å². The van der Waals surface area contributed by atoms with Gasteiger partial charge in [0.1, 0.15) is 5.82 Å². The lowest BCUT2D eigenvalue weighted by molar-refractivity contribution is -0.122. The molecule has 8 heteroatoms. The standard InChI is InChI=1S/C27H25N5O.CH2O2/c1-17-24(21-5-3-4-19(12-21)20-8-11-30-26(14-20)28-2)15-23(16-31-17)32-27(33)22-9-10-29-25(13-22)18-6-7-18;2-1-3/h3-5,8-16,18H,6-7H2,1-2H3,(H,28,30)(H,32,33);1H,(H,2,3). The fourth-order valence-electron chi connectivity index (χ4n) is 3.90. The molecule has 1 saturated carbocycles. The monoisotopic (exact) mass is 481 g/mol. The zero-order valence-corrected chi connectivity index (χ0v) is 20.1. The van der Waals surface area contributed by atoms with E-state index in [1.807, 2.05) is 44.3 Å². The topological polar surface area (TPSA) is 117 Å². The Balaban J connectivity index is 0.000000967. The Labute approximate surface area is 209 Å². The van der Waals surface area contributed by atoms with Crippen LogP contribution < -0.4 is 10.6 Å². The quantitative estimate of drug-likeness (QED) is 0.316. The fourth-order valence-corrected chi connectivity index (χ4v) is 3.90. The van der Waals surface area contributed by atoms with Crippen molar-refractivity contribution in [1.82, 2.24) is 15.0 Å². The normalized spacial score (nSPS) is 12.2. The second-order valence-corrected chi connectivity index (χ2v) is 8.42. The van der Waals surface area contributed by atoms with Crippen molar-refractivity contribution in [3.8, 4) is 22.3 Å². The number of aromatic nitrogens is 3. The first-order valence-corrected chi connectivity index (χ1v) is 11.6. The summed E-state index contributed by atoms with van der Waals surface area (Å²) < 4.78 is 0. The maximum Gasteiger partial charge on any atom is 0.290 e. The van der Waals surface area contributed by atoms with E-state index in [1.54, 1.807) is 24.7 Å². The van der Waals surface area contributed by atoms with Crippen molar-refractivity contribution in [1.29, 1.82) is 0 Å². The predicted molar refractivity (Wildman–Crippen MR) is 140 cm³/mol. The van der Waals surface area contributed by atoms with Gasteiger partial charge in [0, 0.05) is 47.9 Å². The van der Waals surface area contributed by atoms with Crippen LogP contribution in [0.5, 0.6) is 0 Å². The van der Waals surface area contributed by atoms with Gasteiger partial charge in [0.05, 0.1) is 11.9 Å². The molecule has 1 aliphatic carbocycles. The lowest BCUT2D eigenvalue weighted by Crippen LogP contribution is -2.13. The molecule has 1 aliphatic rings. The van der Waals surface area contributed by atoms with Crippen molar-refractivity contribution in [2.24, 2.45) is 0 Å². The molecule has 3 heterocycles. The van der Waals surface area contributed by atoms with Crippen molar-refractivity contribution in [3.05, 3.63) is 90.1 Å². The highest BCUT2D eigenvalue weighted by Crippen LogP contribution is 2.39. The SMILES string of the molecule is CNc1cc(-c2cccc(-c3cc(NC(=O)c4ccnc(C5CC5)c4)cnc3C)c2)ccn1.O=CO. The van der Waals surface area contributed by atoms with Gasteiger partial charge in [0.2, 0.25) is 0 Å². The number of amides is 1. The van der Waals surface area contributed by atoms with Crippen LogP contribution in [0.15, 0.2) is 73.2 Å². The molecule has 0 saturated heterocycles. The molecule has 0 bridgehead atoms. The number of carboxylic acid groups (broad SMARTS) is 1. The molecule has 1 fully saturated rings. The fraction of sp³-hybridized carbons (Fsp3) is 0.179. The first-order valence-electron chi connectivity index (χ1n) is 11.6. The van der Waals surface area contributed by atoms with Crippen molar-refractivity contribution in [2.45, 2.75) is 25.7 Å². The van der Waals surface area contributed by atoms with Gasteiger partial charge < -0.3 is 15.7 Å².